The van der Waals surface area contributed by atoms with Gasteiger partial charge in [0.25, 0.3) is 0 Å². The summed E-state index contributed by atoms with van der Waals surface area (Å²) in [6.45, 7) is 4.66. The third kappa shape index (κ3) is 4.56. The van der Waals surface area contributed by atoms with Crippen molar-refractivity contribution in [1.29, 1.82) is 0 Å². The summed E-state index contributed by atoms with van der Waals surface area (Å²) in [4.78, 5) is 21.6. The van der Waals surface area contributed by atoms with Crippen molar-refractivity contribution < 1.29 is 4.39 Å². The maximum Gasteiger partial charge on any atom is 0.205 e. The molecule has 1 aliphatic heterocycles. The molecule has 2 fully saturated rings. The second kappa shape index (κ2) is 10.2. The smallest absolute Gasteiger partial charge is 0.205 e. The SMILES string of the molecule is CN1CCN([C@H]2CC[C@H](n3cc(-c4ccc(Nc5nc6cccc(F)c6[nH]5)cc4)c4c(N)ncnc43)CC2)CC1. The average Bonchev–Trinajstić information content (AvgIpc) is 3.57. The number of nitrogens with zero attached hydrogens (tertiary/aromatic N) is 6. The van der Waals surface area contributed by atoms with Crippen LogP contribution in [0.4, 0.5) is 21.8 Å². The average molecular weight is 540 g/mol. The van der Waals surface area contributed by atoms with Crippen molar-refractivity contribution >= 4 is 39.5 Å². The van der Waals surface area contributed by atoms with Gasteiger partial charge in [-0.1, -0.05) is 18.2 Å². The van der Waals surface area contributed by atoms with Gasteiger partial charge in [-0.05, 0) is 62.6 Å². The number of imidazole rings is 1. The molecule has 1 saturated heterocycles. The van der Waals surface area contributed by atoms with Crippen LogP contribution in [0.1, 0.15) is 31.7 Å². The highest BCUT2D eigenvalue weighted by molar-refractivity contribution is 6.00. The van der Waals surface area contributed by atoms with Crippen LogP contribution >= 0.6 is 0 Å². The maximum absolute atomic E-state index is 14.1. The highest BCUT2D eigenvalue weighted by Gasteiger charge is 2.30. The number of para-hydroxylation sites is 1. The monoisotopic (exact) mass is 539 g/mol. The van der Waals surface area contributed by atoms with E-state index in [1.54, 1.807) is 18.5 Å². The van der Waals surface area contributed by atoms with Crippen LogP contribution in [0.3, 0.4) is 0 Å². The first kappa shape index (κ1) is 25.0. The lowest BCUT2D eigenvalue weighted by molar-refractivity contribution is 0.0828. The summed E-state index contributed by atoms with van der Waals surface area (Å²) in [5, 5.41) is 4.14. The van der Waals surface area contributed by atoms with Crippen molar-refractivity contribution in [1.82, 2.24) is 34.3 Å². The van der Waals surface area contributed by atoms with E-state index >= 15 is 0 Å². The lowest BCUT2D eigenvalue weighted by Gasteiger charge is -2.41. The van der Waals surface area contributed by atoms with Gasteiger partial charge in [-0.15, -0.1) is 0 Å². The molecule has 40 heavy (non-hydrogen) atoms. The fraction of sp³-hybridized carbons (Fsp3) is 0.367. The summed E-state index contributed by atoms with van der Waals surface area (Å²) in [7, 11) is 2.21. The van der Waals surface area contributed by atoms with Gasteiger partial charge >= 0.3 is 0 Å². The Labute approximate surface area is 232 Å². The normalized spacial score (nSPS) is 20.9. The van der Waals surface area contributed by atoms with Gasteiger partial charge in [0, 0.05) is 55.7 Å². The quantitative estimate of drug-likeness (QED) is 0.283. The Morgan fingerprint density at radius 3 is 2.45 bits per heavy atom. The van der Waals surface area contributed by atoms with Gasteiger partial charge in [0.1, 0.15) is 29.1 Å². The molecule has 10 heteroatoms. The number of H-pyrrole nitrogens is 1. The zero-order valence-corrected chi connectivity index (χ0v) is 22.6. The number of fused-ring (bicyclic) bond motifs is 2. The van der Waals surface area contributed by atoms with Crippen molar-refractivity contribution in [3.8, 4) is 11.1 Å². The van der Waals surface area contributed by atoms with Crippen LogP contribution in [-0.2, 0) is 0 Å². The van der Waals surface area contributed by atoms with Crippen LogP contribution in [0.25, 0.3) is 33.2 Å². The molecule has 0 unspecified atom stereocenters. The summed E-state index contributed by atoms with van der Waals surface area (Å²) in [5.41, 5.74) is 11.2. The number of nitrogen functional groups attached to an aromatic ring is 1. The second-order valence-electron chi connectivity index (χ2n) is 11.1. The summed E-state index contributed by atoms with van der Waals surface area (Å²) in [6, 6.07) is 14.0. The van der Waals surface area contributed by atoms with Gasteiger partial charge in [-0.25, -0.2) is 19.3 Å². The molecule has 1 aliphatic carbocycles. The van der Waals surface area contributed by atoms with Crippen LogP contribution < -0.4 is 11.1 Å². The molecule has 0 atom stereocenters. The molecule has 0 amide bonds. The third-order valence-electron chi connectivity index (χ3n) is 8.68. The van der Waals surface area contributed by atoms with Crippen LogP contribution in [0.15, 0.2) is 55.0 Å². The van der Waals surface area contributed by atoms with E-state index in [9.17, 15) is 4.39 Å². The van der Waals surface area contributed by atoms with Gasteiger partial charge in [0.2, 0.25) is 5.95 Å². The first-order chi connectivity index (χ1) is 19.5. The van der Waals surface area contributed by atoms with Crippen molar-refractivity contribution in [2.45, 2.75) is 37.8 Å². The fourth-order valence-electron chi connectivity index (χ4n) is 6.42. The van der Waals surface area contributed by atoms with Gasteiger partial charge in [0.15, 0.2) is 0 Å². The Balaban J connectivity index is 1.12. The topological polar surface area (TPSA) is 104 Å². The van der Waals surface area contributed by atoms with E-state index in [1.807, 2.05) is 12.1 Å². The van der Waals surface area contributed by atoms with Gasteiger partial charge in [0.05, 0.1) is 10.9 Å². The Bertz CT molecular complexity index is 1640. The Morgan fingerprint density at radius 1 is 0.950 bits per heavy atom. The molecule has 0 radical (unpaired) electrons. The molecule has 206 valence electrons. The van der Waals surface area contributed by atoms with Crippen molar-refractivity contribution in [3.05, 3.63) is 60.8 Å². The van der Waals surface area contributed by atoms with E-state index in [0.717, 1.165) is 53.8 Å². The molecular formula is C30H34FN9. The highest BCUT2D eigenvalue weighted by Crippen LogP contribution is 2.39. The van der Waals surface area contributed by atoms with Gasteiger partial charge in [-0.2, -0.15) is 0 Å². The lowest BCUT2D eigenvalue weighted by Crippen LogP contribution is -2.49. The molecule has 0 spiro atoms. The summed E-state index contributed by atoms with van der Waals surface area (Å²) in [5.74, 6) is 0.670. The Hall–Kier alpha value is -4.02. The largest absolute Gasteiger partial charge is 0.383 e. The standard InChI is InChI=1S/C30H34FN9/c1-38-13-15-39(16-14-38)21-9-11-22(12-10-21)40-17-23(26-28(32)33-18-34-29(26)40)19-5-7-20(8-6-19)35-30-36-25-4-2-3-24(31)27(25)37-30/h2-8,17-18,21-22H,9-16H2,1H3,(H2,32,33,34)(H2,35,36,37)/t21-,22-. The predicted octanol–water partition coefficient (Wildman–Crippen LogP) is 5.17. The number of piperazine rings is 1. The minimum absolute atomic E-state index is 0.322. The molecule has 4 heterocycles. The highest BCUT2D eigenvalue weighted by atomic mass is 19.1. The lowest BCUT2D eigenvalue weighted by atomic mass is 9.89. The minimum Gasteiger partial charge on any atom is -0.383 e. The summed E-state index contributed by atoms with van der Waals surface area (Å²) >= 11 is 0. The number of likely N-dealkylation sites (N-methyl/N-ethyl adjacent to an activating group) is 1. The van der Waals surface area contributed by atoms with E-state index in [-0.39, 0.29) is 5.82 Å². The number of nitrogens with two attached hydrogens (primary N) is 1. The van der Waals surface area contributed by atoms with Crippen LogP contribution in [-0.4, -0.2) is 73.6 Å². The minimum atomic E-state index is -0.322. The molecule has 2 aliphatic rings. The number of halogens is 1. The molecule has 5 aromatic rings. The zero-order chi connectivity index (χ0) is 27.2. The number of benzene rings is 2. The number of rotatable bonds is 5. The predicted molar refractivity (Wildman–Crippen MR) is 157 cm³/mol. The van der Waals surface area contributed by atoms with E-state index in [4.69, 9.17) is 5.73 Å². The number of anilines is 3. The van der Waals surface area contributed by atoms with E-state index < -0.39 is 0 Å². The van der Waals surface area contributed by atoms with E-state index in [2.05, 4.69) is 65.0 Å². The molecule has 7 rings (SSSR count). The van der Waals surface area contributed by atoms with Gasteiger partial charge < -0.3 is 25.5 Å². The molecule has 3 aromatic heterocycles. The molecular weight excluding hydrogens is 505 g/mol. The molecule has 4 N–H and O–H groups in total. The van der Waals surface area contributed by atoms with Crippen LogP contribution in [0, 0.1) is 5.82 Å². The van der Waals surface area contributed by atoms with Crippen molar-refractivity contribution in [2.24, 2.45) is 0 Å². The van der Waals surface area contributed by atoms with E-state index in [0.29, 0.717) is 34.9 Å². The molecule has 0 bridgehead atoms. The van der Waals surface area contributed by atoms with E-state index in [1.165, 1.54) is 32.0 Å². The Kier molecular flexibility index (Phi) is 6.36. The third-order valence-corrected chi connectivity index (χ3v) is 8.68. The maximum atomic E-state index is 14.1. The number of hydrogen-bond donors (Lipinski definition) is 3. The second-order valence-corrected chi connectivity index (χ2v) is 11.1. The molecule has 1 saturated carbocycles. The zero-order valence-electron chi connectivity index (χ0n) is 22.6. The summed E-state index contributed by atoms with van der Waals surface area (Å²) < 4.78 is 16.4. The number of aromatic amines is 1. The van der Waals surface area contributed by atoms with Crippen molar-refractivity contribution in [2.75, 3.05) is 44.3 Å². The van der Waals surface area contributed by atoms with Crippen molar-refractivity contribution in [3.63, 3.8) is 0 Å². The number of aromatic nitrogens is 5. The first-order valence-electron chi connectivity index (χ1n) is 14.1. The fourth-order valence-corrected chi connectivity index (χ4v) is 6.42. The molecule has 9 nitrogen and oxygen atoms in total. The number of hydrogen-bond acceptors (Lipinski definition) is 7. The van der Waals surface area contributed by atoms with Crippen LogP contribution in [0.5, 0.6) is 0 Å². The number of nitrogens with one attached hydrogen (secondary N) is 2. The summed E-state index contributed by atoms with van der Waals surface area (Å²) in [6.07, 6.45) is 8.44. The van der Waals surface area contributed by atoms with Gasteiger partial charge in [-0.3, -0.25) is 4.90 Å². The Morgan fingerprint density at radius 2 is 1.70 bits per heavy atom. The van der Waals surface area contributed by atoms with Crippen LogP contribution in [0.2, 0.25) is 0 Å². The first-order valence-corrected chi connectivity index (χ1v) is 14.1. The molecule has 2 aromatic carbocycles.